The number of nitrogens with two attached hydrogens (primary N) is 1. The van der Waals surface area contributed by atoms with Crippen molar-refractivity contribution in [3.63, 3.8) is 0 Å². The second kappa shape index (κ2) is 10.6. The van der Waals surface area contributed by atoms with Crippen LogP contribution in [0.2, 0.25) is 36.3 Å². The molecule has 2 aliphatic heterocycles. The molecule has 15 heteroatoms. The van der Waals surface area contributed by atoms with E-state index in [-0.39, 0.29) is 27.9 Å². The minimum Gasteiger partial charge on any atom is -0.414 e. The maximum atomic E-state index is 13.9. The predicted octanol–water partition coefficient (Wildman–Crippen LogP) is 3.58. The van der Waals surface area contributed by atoms with Crippen molar-refractivity contribution >= 4 is 32.7 Å². The fraction of sp³-hybridized carbons (Fsp3) is 0.750. The number of rotatable bonds is 7. The monoisotopic (exact) mass is 657 g/mol. The average molecular weight is 658 g/mol. The molecule has 242 valence electrons. The average Bonchev–Trinajstić information content (AvgIpc) is 3.60. The number of aryl methyl sites for hydroxylation is 1. The van der Waals surface area contributed by atoms with Crippen molar-refractivity contribution in [3.05, 3.63) is 43.7 Å². The van der Waals surface area contributed by atoms with Gasteiger partial charge < -0.3 is 19.3 Å². The normalized spacial score (nSPS) is 28.0. The SMILES string of the molecule is Cc1cn([C@@H]2O[C@H](CO[Si](C)(C)C(C)(C)C)[C@@]3(OS(=O)(=O)C=C3N)[C@H]2O[Si](C)(C)C(C)(C)C)c(=O)n(C(=O)C2CC2)c1=O. The Balaban J connectivity index is 1.95. The first-order valence-electron chi connectivity index (χ1n) is 14.7. The third-order valence-electron chi connectivity index (χ3n) is 9.78. The quantitative estimate of drug-likeness (QED) is 0.339. The van der Waals surface area contributed by atoms with E-state index in [1.165, 1.54) is 13.1 Å². The molecule has 12 nitrogen and oxygen atoms in total. The summed E-state index contributed by atoms with van der Waals surface area (Å²) in [6, 6.07) is 0. The Bertz CT molecular complexity index is 1560. The van der Waals surface area contributed by atoms with Crippen LogP contribution >= 0.6 is 0 Å². The first-order chi connectivity index (χ1) is 19.4. The molecule has 0 unspecified atom stereocenters. The minimum atomic E-state index is -4.25. The summed E-state index contributed by atoms with van der Waals surface area (Å²) in [5, 5.41) is 0.337. The summed E-state index contributed by atoms with van der Waals surface area (Å²) in [6.07, 6.45) is -1.14. The van der Waals surface area contributed by atoms with Crippen molar-refractivity contribution in [1.29, 1.82) is 0 Å². The third kappa shape index (κ3) is 5.93. The molecule has 3 aliphatic rings. The largest absolute Gasteiger partial charge is 0.414 e. The molecule has 0 radical (unpaired) electrons. The van der Waals surface area contributed by atoms with E-state index in [9.17, 15) is 22.8 Å². The fourth-order valence-corrected chi connectivity index (χ4v) is 8.31. The molecule has 1 aromatic rings. The van der Waals surface area contributed by atoms with Crippen LogP contribution in [0, 0.1) is 12.8 Å². The highest BCUT2D eigenvalue weighted by Gasteiger charge is 2.67. The summed E-state index contributed by atoms with van der Waals surface area (Å²) in [4.78, 5) is 40.1. The lowest BCUT2D eigenvalue weighted by atomic mass is 9.89. The maximum absolute atomic E-state index is 13.9. The molecule has 2 N–H and O–H groups in total. The van der Waals surface area contributed by atoms with Gasteiger partial charge in [-0.2, -0.15) is 13.0 Å². The number of ether oxygens (including phenoxy) is 1. The Labute approximate surface area is 255 Å². The lowest BCUT2D eigenvalue weighted by Crippen LogP contribution is -2.59. The number of aromatic nitrogens is 2. The van der Waals surface area contributed by atoms with Gasteiger partial charge in [0.15, 0.2) is 28.5 Å². The smallest absolute Gasteiger partial charge is 0.340 e. The number of carbonyl (C=O) groups is 1. The van der Waals surface area contributed by atoms with E-state index >= 15 is 0 Å². The summed E-state index contributed by atoms with van der Waals surface area (Å²) in [6.45, 7) is 21.7. The van der Waals surface area contributed by atoms with Gasteiger partial charge in [-0.15, -0.1) is 0 Å². The van der Waals surface area contributed by atoms with Crippen molar-refractivity contribution in [2.24, 2.45) is 11.7 Å². The molecule has 1 saturated carbocycles. The van der Waals surface area contributed by atoms with Gasteiger partial charge >= 0.3 is 5.69 Å². The van der Waals surface area contributed by atoms with Crippen molar-refractivity contribution in [1.82, 2.24) is 9.13 Å². The van der Waals surface area contributed by atoms with Crippen molar-refractivity contribution in [2.75, 3.05) is 6.61 Å². The number of hydrogen-bond donors (Lipinski definition) is 1. The van der Waals surface area contributed by atoms with E-state index in [0.717, 1.165) is 9.98 Å². The molecule has 4 atom stereocenters. The Morgan fingerprint density at radius 3 is 2.09 bits per heavy atom. The van der Waals surface area contributed by atoms with Crippen LogP contribution in [-0.2, 0) is 27.9 Å². The van der Waals surface area contributed by atoms with Gasteiger partial charge in [0, 0.05) is 17.7 Å². The highest BCUT2D eigenvalue weighted by atomic mass is 32.2. The van der Waals surface area contributed by atoms with E-state index in [0.29, 0.717) is 17.4 Å². The summed E-state index contributed by atoms with van der Waals surface area (Å²) in [7, 11) is -9.38. The molecular formula is C28H47N3O9SSi2. The lowest BCUT2D eigenvalue weighted by Gasteiger charge is -2.43. The van der Waals surface area contributed by atoms with Crippen molar-refractivity contribution < 1.29 is 31.0 Å². The van der Waals surface area contributed by atoms with Crippen LogP contribution in [0.5, 0.6) is 0 Å². The second-order valence-electron chi connectivity index (χ2n) is 15.1. The van der Waals surface area contributed by atoms with Crippen LogP contribution in [0.4, 0.5) is 0 Å². The molecule has 1 aromatic heterocycles. The maximum Gasteiger partial charge on any atom is 0.340 e. The summed E-state index contributed by atoms with van der Waals surface area (Å²) >= 11 is 0. The highest BCUT2D eigenvalue weighted by Crippen LogP contribution is 2.52. The summed E-state index contributed by atoms with van der Waals surface area (Å²) in [5.74, 6) is -0.970. The molecular weight excluding hydrogens is 611 g/mol. The van der Waals surface area contributed by atoms with Crippen LogP contribution < -0.4 is 17.0 Å². The molecule has 0 amide bonds. The van der Waals surface area contributed by atoms with E-state index < -0.39 is 73.9 Å². The number of nitrogens with zero attached hydrogens (tertiary/aromatic N) is 2. The van der Waals surface area contributed by atoms with Gasteiger partial charge in [-0.05, 0) is 56.0 Å². The molecule has 2 fully saturated rings. The zero-order chi connectivity index (χ0) is 32.7. The van der Waals surface area contributed by atoms with E-state index in [1.807, 2.05) is 33.9 Å². The summed E-state index contributed by atoms with van der Waals surface area (Å²) in [5.41, 5.74) is 3.06. The molecule has 0 bridgehead atoms. The number of carbonyl (C=O) groups excluding carboxylic acids is 1. The Morgan fingerprint density at radius 2 is 1.63 bits per heavy atom. The molecule has 1 aliphatic carbocycles. The molecule has 3 heterocycles. The Morgan fingerprint density at radius 1 is 1.07 bits per heavy atom. The molecule has 1 saturated heterocycles. The first-order valence-corrected chi connectivity index (χ1v) is 21.9. The zero-order valence-electron chi connectivity index (χ0n) is 27.1. The minimum absolute atomic E-state index is 0.0945. The summed E-state index contributed by atoms with van der Waals surface area (Å²) < 4.78 is 53.5. The van der Waals surface area contributed by atoms with E-state index in [1.54, 1.807) is 0 Å². The first kappa shape index (κ1) is 34.0. The van der Waals surface area contributed by atoms with Gasteiger partial charge in [0.25, 0.3) is 15.7 Å². The topological polar surface area (TPSA) is 158 Å². The van der Waals surface area contributed by atoms with Crippen LogP contribution in [0.15, 0.2) is 26.9 Å². The fourth-order valence-electron chi connectivity index (χ4n) is 4.80. The third-order valence-corrected chi connectivity index (χ3v) is 19.8. The lowest BCUT2D eigenvalue weighted by molar-refractivity contribution is -0.0566. The van der Waals surface area contributed by atoms with Gasteiger partial charge in [0.05, 0.1) is 17.7 Å². The Kier molecular flexibility index (Phi) is 8.37. The van der Waals surface area contributed by atoms with Crippen molar-refractivity contribution in [3.8, 4) is 0 Å². The van der Waals surface area contributed by atoms with E-state index in [2.05, 4.69) is 33.9 Å². The zero-order valence-corrected chi connectivity index (χ0v) is 30.0. The predicted molar refractivity (Wildman–Crippen MR) is 167 cm³/mol. The van der Waals surface area contributed by atoms with Crippen LogP contribution in [0.3, 0.4) is 0 Å². The van der Waals surface area contributed by atoms with Crippen LogP contribution in [-0.4, -0.2) is 64.5 Å². The van der Waals surface area contributed by atoms with Gasteiger partial charge in [-0.3, -0.25) is 14.2 Å². The van der Waals surface area contributed by atoms with Gasteiger partial charge in [0.1, 0.15) is 12.2 Å². The molecule has 4 rings (SSSR count). The van der Waals surface area contributed by atoms with E-state index in [4.69, 9.17) is 23.5 Å². The number of hydrogen-bond acceptors (Lipinski definition) is 10. The molecule has 0 aromatic carbocycles. The van der Waals surface area contributed by atoms with Crippen LogP contribution in [0.25, 0.3) is 0 Å². The molecule has 1 spiro atoms. The van der Waals surface area contributed by atoms with Gasteiger partial charge in [0.2, 0.25) is 5.91 Å². The second-order valence-corrected chi connectivity index (χ2v) is 26.0. The van der Waals surface area contributed by atoms with Crippen molar-refractivity contribution in [2.45, 2.75) is 122 Å². The molecule has 43 heavy (non-hydrogen) atoms. The Hall–Kier alpha value is -1.89. The standard InChI is InChI=1S/C28H47N3O9SSi2/c1-17-14-30(25(34)31(22(17)32)23(33)18-12-13-18)24-21(39-43(10,11)27(5,6)7)28(19(29)16-41(35,36)40-28)20(38-24)15-37-42(8,9)26(2,3)4/h14,16,18,20-21,24H,12-13,15,29H2,1-11H3/t20-,21+,24-,28-/m1/s1. The highest BCUT2D eigenvalue weighted by molar-refractivity contribution is 7.90. The van der Waals surface area contributed by atoms with Gasteiger partial charge in [-0.1, -0.05) is 41.5 Å². The van der Waals surface area contributed by atoms with Gasteiger partial charge in [-0.25, -0.2) is 8.98 Å². The van der Waals surface area contributed by atoms with Crippen LogP contribution in [0.1, 0.15) is 71.0 Å².